The van der Waals surface area contributed by atoms with Crippen LogP contribution in [0.4, 0.5) is 0 Å². The molecule has 19 nitrogen and oxygen atoms in total. The number of ether oxygens (including phenoxy) is 6. The number of aliphatic hydroxyl groups is 3. The van der Waals surface area contributed by atoms with E-state index in [9.17, 15) is 52.6 Å². The van der Waals surface area contributed by atoms with Gasteiger partial charge in [-0.05, 0) is 27.7 Å². The van der Waals surface area contributed by atoms with Crippen molar-refractivity contribution in [2.75, 3.05) is 47.3 Å². The van der Waals surface area contributed by atoms with Gasteiger partial charge in [-0.3, -0.25) is 18.6 Å². The van der Waals surface area contributed by atoms with Gasteiger partial charge in [-0.2, -0.15) is 0 Å². The molecule has 0 aromatic heterocycles. The highest BCUT2D eigenvalue weighted by molar-refractivity contribution is 7.80. The zero-order chi connectivity index (χ0) is 38.4. The molecule has 0 spiro atoms. The van der Waals surface area contributed by atoms with E-state index in [0.717, 1.165) is 0 Å². The number of hydrogen-bond donors (Lipinski definition) is 4. The van der Waals surface area contributed by atoms with E-state index in [4.69, 9.17) is 27.9 Å². The number of carboxylic acids is 1. The lowest BCUT2D eigenvalue weighted by Crippen LogP contribution is -2.76. The van der Waals surface area contributed by atoms with E-state index in [2.05, 4.69) is 10.1 Å². The molecule has 2 heterocycles. The van der Waals surface area contributed by atoms with Gasteiger partial charge in [-0.25, -0.2) is 8.42 Å². The summed E-state index contributed by atoms with van der Waals surface area (Å²) in [7, 11) is -2.74. The second-order valence-electron chi connectivity index (χ2n) is 13.2. The molecular weight excluding hydrogens is 682 g/mol. The fraction of sp³-hybridized carbons (Fsp3) is 0.862. The van der Waals surface area contributed by atoms with E-state index < -0.39 is 112 Å². The molecule has 2 saturated heterocycles. The van der Waals surface area contributed by atoms with Crippen LogP contribution in [0.2, 0.25) is 0 Å². The summed E-state index contributed by atoms with van der Waals surface area (Å²) in [6.45, 7) is 7.87. The van der Waals surface area contributed by atoms with Crippen molar-refractivity contribution in [3.05, 3.63) is 0 Å². The molecule has 0 radical (unpaired) electrons. The number of carbonyl (C=O) groups is 4. The Labute approximate surface area is 285 Å². The molecule has 2 aliphatic heterocycles. The minimum atomic E-state index is -5.38. The summed E-state index contributed by atoms with van der Waals surface area (Å²) in [6.07, 6.45) is -5.09. The Morgan fingerprint density at radius 1 is 0.837 bits per heavy atom. The third-order valence-corrected chi connectivity index (χ3v) is 9.24. The average molecular weight is 732 g/mol. The SMILES string of the molecule is CC(=O)OC(C)=O.COC[C@@]1(C)[C@@H](O)C(O)[C@](C)(COC[C@H]2C(NC(C)=O)[C@](C)(COC)OC(C)(CO)[C@@H]2OS(=O)(=O)[O-])OC1(C)C(=O)[O-]. The molecule has 4 N–H and O–H groups in total. The van der Waals surface area contributed by atoms with E-state index in [1.807, 2.05) is 0 Å². The molecule has 0 aromatic rings. The first kappa shape index (κ1) is 44.7. The number of esters is 2. The van der Waals surface area contributed by atoms with Gasteiger partial charge >= 0.3 is 11.9 Å². The van der Waals surface area contributed by atoms with Gasteiger partial charge in [0, 0.05) is 40.9 Å². The summed E-state index contributed by atoms with van der Waals surface area (Å²) in [5.41, 5.74) is -8.92. The van der Waals surface area contributed by atoms with Crippen molar-refractivity contribution in [2.45, 2.75) is 102 Å². The van der Waals surface area contributed by atoms with Crippen LogP contribution in [-0.2, 0) is 62.2 Å². The van der Waals surface area contributed by atoms with Crippen molar-refractivity contribution >= 4 is 34.2 Å². The number of carbonyl (C=O) groups excluding carboxylic acids is 4. The lowest BCUT2D eigenvalue weighted by molar-refractivity contribution is -0.377. The number of methoxy groups -OCH3 is 2. The van der Waals surface area contributed by atoms with Gasteiger partial charge in [-0.15, -0.1) is 0 Å². The summed E-state index contributed by atoms with van der Waals surface area (Å²) in [5.74, 6) is -4.57. The number of amides is 1. The summed E-state index contributed by atoms with van der Waals surface area (Å²) in [4.78, 5) is 44.1. The van der Waals surface area contributed by atoms with Gasteiger partial charge in [0.1, 0.15) is 34.6 Å². The largest absolute Gasteiger partial charge is 0.726 e. The highest BCUT2D eigenvalue weighted by Crippen LogP contribution is 2.49. The Kier molecular flexibility index (Phi) is 15.3. The highest BCUT2D eigenvalue weighted by Gasteiger charge is 2.64. The maximum atomic E-state index is 12.3. The first-order valence-electron chi connectivity index (χ1n) is 15.0. The Morgan fingerprint density at radius 2 is 1.37 bits per heavy atom. The molecule has 0 aromatic carbocycles. The number of hydrogen-bond acceptors (Lipinski definition) is 18. The lowest BCUT2D eigenvalue weighted by atomic mass is 9.64. The molecule has 0 saturated carbocycles. The van der Waals surface area contributed by atoms with E-state index in [-0.39, 0.29) is 13.2 Å². The first-order chi connectivity index (χ1) is 22.2. The fourth-order valence-electron chi connectivity index (χ4n) is 6.35. The van der Waals surface area contributed by atoms with Gasteiger partial charge in [0.15, 0.2) is 0 Å². The van der Waals surface area contributed by atoms with Crippen molar-refractivity contribution in [3.63, 3.8) is 0 Å². The van der Waals surface area contributed by atoms with Crippen LogP contribution in [0, 0.1) is 11.3 Å². The smallest absolute Gasteiger partial charge is 0.310 e. The molecule has 2 fully saturated rings. The highest BCUT2D eigenvalue weighted by atomic mass is 32.3. The van der Waals surface area contributed by atoms with Crippen molar-refractivity contribution in [1.29, 1.82) is 0 Å². The van der Waals surface area contributed by atoms with Crippen LogP contribution in [0.3, 0.4) is 0 Å². The van der Waals surface area contributed by atoms with Crippen LogP contribution in [0.25, 0.3) is 0 Å². The van der Waals surface area contributed by atoms with Gasteiger partial charge in [0.2, 0.25) is 16.3 Å². The zero-order valence-corrected chi connectivity index (χ0v) is 30.1. The van der Waals surface area contributed by atoms with Crippen molar-refractivity contribution < 1.29 is 85.2 Å². The minimum Gasteiger partial charge on any atom is -0.726 e. The predicted octanol–water partition coefficient (Wildman–Crippen LogP) is -3.08. The summed E-state index contributed by atoms with van der Waals surface area (Å²) < 4.78 is 72.2. The molecule has 0 bridgehead atoms. The van der Waals surface area contributed by atoms with Crippen LogP contribution in [0.1, 0.15) is 55.4 Å². The van der Waals surface area contributed by atoms with Crippen molar-refractivity contribution in [2.24, 2.45) is 11.3 Å². The number of carboxylic acid groups (broad SMARTS) is 1. The molecule has 2 aliphatic rings. The number of aliphatic hydroxyl groups excluding tert-OH is 3. The first-order valence-corrected chi connectivity index (χ1v) is 16.3. The van der Waals surface area contributed by atoms with Crippen LogP contribution >= 0.6 is 0 Å². The topological polar surface area (TPSA) is 286 Å². The van der Waals surface area contributed by atoms with E-state index in [1.165, 1.54) is 69.6 Å². The number of rotatable bonds is 13. The molecule has 49 heavy (non-hydrogen) atoms. The summed E-state index contributed by atoms with van der Waals surface area (Å²) in [5, 5.41) is 47.3. The predicted molar refractivity (Wildman–Crippen MR) is 161 cm³/mol. The van der Waals surface area contributed by atoms with E-state index in [1.54, 1.807) is 0 Å². The maximum absolute atomic E-state index is 12.3. The molecule has 2 rings (SSSR count). The molecule has 4 unspecified atom stereocenters. The zero-order valence-electron chi connectivity index (χ0n) is 29.3. The van der Waals surface area contributed by atoms with Crippen molar-refractivity contribution in [1.82, 2.24) is 5.32 Å². The van der Waals surface area contributed by atoms with Crippen LogP contribution < -0.4 is 10.4 Å². The maximum Gasteiger partial charge on any atom is 0.310 e. The number of nitrogens with one attached hydrogen (secondary N) is 1. The second kappa shape index (κ2) is 16.8. The monoisotopic (exact) mass is 731 g/mol. The van der Waals surface area contributed by atoms with Crippen molar-refractivity contribution in [3.8, 4) is 0 Å². The molecular formula is C29H49NO18S-2. The van der Waals surface area contributed by atoms with Crippen LogP contribution in [0.5, 0.6) is 0 Å². The molecule has 0 aliphatic carbocycles. The van der Waals surface area contributed by atoms with Gasteiger partial charge < -0.3 is 63.5 Å². The summed E-state index contributed by atoms with van der Waals surface area (Å²) in [6, 6.07) is -1.12. The average Bonchev–Trinajstić information content (AvgIpc) is 2.94. The van der Waals surface area contributed by atoms with Gasteiger partial charge in [-0.1, -0.05) is 6.92 Å². The Morgan fingerprint density at radius 3 is 1.76 bits per heavy atom. The van der Waals surface area contributed by atoms with Gasteiger partial charge in [0.05, 0.1) is 56.6 Å². The molecule has 1 amide bonds. The van der Waals surface area contributed by atoms with Gasteiger partial charge in [0.25, 0.3) is 0 Å². The van der Waals surface area contributed by atoms with Crippen LogP contribution in [0.15, 0.2) is 0 Å². The Bertz CT molecular complexity index is 1290. The Balaban J connectivity index is 0.00000154. The molecule has 20 heteroatoms. The van der Waals surface area contributed by atoms with Crippen LogP contribution in [-0.4, -0.2) is 146 Å². The fourth-order valence-corrected chi connectivity index (χ4v) is 6.95. The third-order valence-electron chi connectivity index (χ3n) is 8.79. The summed E-state index contributed by atoms with van der Waals surface area (Å²) >= 11 is 0. The number of aliphatic carboxylic acids is 1. The molecule has 286 valence electrons. The standard InChI is InChI=1S/C25H45NO15S.C4H6O3/c1-14(28)26-16-15(19(39-42(33,34)35)22(3,10-27)40-23(16,4)12-37-8)9-38-13-24(5)18(30)17(29)21(2,11-36-7)25(6,41-24)20(31)32;1-3(5)7-4(2)6/h15-19,27,29-30H,9-13H2,1-8H3,(H,26,28)(H,31,32)(H,33,34,35);1-2H3/p-2/t15-,16?,17-,18?,19+,21-,22?,23-,24-,25?;/m0./s1. The molecule has 10 atom stereocenters. The second-order valence-corrected chi connectivity index (χ2v) is 14.2. The minimum absolute atomic E-state index is 0.158. The quantitative estimate of drug-likeness (QED) is 0.0632. The Hall–Kier alpha value is -2.37. The lowest BCUT2D eigenvalue weighted by Gasteiger charge is -2.59. The normalized spacial score (nSPS) is 37.7. The van der Waals surface area contributed by atoms with E-state index >= 15 is 0 Å². The van der Waals surface area contributed by atoms with E-state index in [0.29, 0.717) is 0 Å². The third kappa shape index (κ3) is 10.3.